The summed E-state index contributed by atoms with van der Waals surface area (Å²) in [6.45, 7) is 2.34. The minimum absolute atomic E-state index is 0.261. The molecule has 0 aliphatic carbocycles. The Morgan fingerprint density at radius 3 is 2.67 bits per heavy atom. The molecule has 0 radical (unpaired) electrons. The fourth-order valence-electron chi connectivity index (χ4n) is 1.77. The van der Waals surface area contributed by atoms with Gasteiger partial charge < -0.3 is 5.32 Å². The third-order valence-corrected chi connectivity index (χ3v) is 4.73. The lowest BCUT2D eigenvalue weighted by atomic mass is 10.3. The molecule has 21 heavy (non-hydrogen) atoms. The molecule has 1 aromatic carbocycles. The zero-order chi connectivity index (χ0) is 15.5. The molecule has 0 bridgehead atoms. The quantitative estimate of drug-likeness (QED) is 0.909. The number of aromatic nitrogens is 2. The van der Waals surface area contributed by atoms with Crippen molar-refractivity contribution in [1.82, 2.24) is 14.3 Å². The summed E-state index contributed by atoms with van der Waals surface area (Å²) in [7, 11) is -0.395. The molecule has 0 saturated carbocycles. The van der Waals surface area contributed by atoms with Crippen LogP contribution in [0.3, 0.4) is 0 Å². The van der Waals surface area contributed by atoms with Crippen molar-refractivity contribution in [3.05, 3.63) is 48.0 Å². The van der Waals surface area contributed by atoms with Gasteiger partial charge in [0.05, 0.1) is 17.1 Å². The van der Waals surface area contributed by atoms with E-state index in [0.29, 0.717) is 12.4 Å². The van der Waals surface area contributed by atoms with E-state index in [-0.39, 0.29) is 4.90 Å². The second kappa shape index (κ2) is 6.19. The van der Waals surface area contributed by atoms with E-state index in [4.69, 9.17) is 0 Å². The SMILES string of the molecule is Cc1nccc(CNc2cccc(S(=O)(=O)N(C)C)c2)n1. The molecule has 0 amide bonds. The van der Waals surface area contributed by atoms with Crippen LogP contribution in [-0.4, -0.2) is 36.8 Å². The number of nitrogens with one attached hydrogen (secondary N) is 1. The monoisotopic (exact) mass is 306 g/mol. The predicted octanol–water partition coefficient (Wildman–Crippen LogP) is 1.65. The van der Waals surface area contributed by atoms with Crippen molar-refractivity contribution in [3.8, 4) is 0 Å². The number of anilines is 1. The first-order valence-corrected chi connectivity index (χ1v) is 7.88. The lowest BCUT2D eigenvalue weighted by Gasteiger charge is -2.13. The van der Waals surface area contributed by atoms with Gasteiger partial charge in [-0.05, 0) is 31.2 Å². The zero-order valence-electron chi connectivity index (χ0n) is 12.2. The van der Waals surface area contributed by atoms with Gasteiger partial charge in [0, 0.05) is 26.0 Å². The third-order valence-electron chi connectivity index (χ3n) is 2.92. The van der Waals surface area contributed by atoms with Crippen molar-refractivity contribution in [3.63, 3.8) is 0 Å². The van der Waals surface area contributed by atoms with Crippen LogP contribution in [-0.2, 0) is 16.6 Å². The number of hydrogen-bond donors (Lipinski definition) is 1. The lowest BCUT2D eigenvalue weighted by molar-refractivity contribution is 0.521. The molecule has 112 valence electrons. The van der Waals surface area contributed by atoms with E-state index in [0.717, 1.165) is 11.4 Å². The highest BCUT2D eigenvalue weighted by molar-refractivity contribution is 7.89. The highest BCUT2D eigenvalue weighted by atomic mass is 32.2. The first kappa shape index (κ1) is 15.4. The van der Waals surface area contributed by atoms with Gasteiger partial charge in [0.1, 0.15) is 5.82 Å². The second-order valence-corrected chi connectivity index (χ2v) is 6.92. The van der Waals surface area contributed by atoms with Crippen LogP contribution in [0.2, 0.25) is 0 Å². The van der Waals surface area contributed by atoms with Crippen LogP contribution in [0.25, 0.3) is 0 Å². The summed E-state index contributed by atoms with van der Waals surface area (Å²) in [5, 5.41) is 3.17. The molecule has 0 spiro atoms. The van der Waals surface area contributed by atoms with Gasteiger partial charge in [0.2, 0.25) is 10.0 Å². The summed E-state index contributed by atoms with van der Waals surface area (Å²) in [6, 6.07) is 8.55. The number of rotatable bonds is 5. The zero-order valence-corrected chi connectivity index (χ0v) is 13.1. The molecule has 0 aliphatic rings. The molecular weight excluding hydrogens is 288 g/mol. The summed E-state index contributed by atoms with van der Waals surface area (Å²) in [5.74, 6) is 0.707. The minimum atomic E-state index is -3.42. The standard InChI is InChI=1S/C14H18N4O2S/c1-11-15-8-7-13(17-11)10-16-12-5-4-6-14(9-12)21(19,20)18(2)3/h4-9,16H,10H2,1-3H3. The Morgan fingerprint density at radius 1 is 1.24 bits per heavy atom. The number of hydrogen-bond acceptors (Lipinski definition) is 5. The van der Waals surface area contributed by atoms with Crippen LogP contribution >= 0.6 is 0 Å². The van der Waals surface area contributed by atoms with Gasteiger partial charge in [-0.25, -0.2) is 22.7 Å². The van der Waals surface area contributed by atoms with Crippen molar-refractivity contribution in [2.24, 2.45) is 0 Å². The third kappa shape index (κ3) is 3.77. The molecule has 2 rings (SSSR count). The highest BCUT2D eigenvalue weighted by Crippen LogP contribution is 2.18. The molecule has 0 unspecified atom stereocenters. The average Bonchev–Trinajstić information content (AvgIpc) is 2.45. The molecule has 6 nitrogen and oxygen atoms in total. The summed E-state index contributed by atoms with van der Waals surface area (Å²) in [5.41, 5.74) is 1.58. The summed E-state index contributed by atoms with van der Waals surface area (Å²) < 4.78 is 25.4. The summed E-state index contributed by atoms with van der Waals surface area (Å²) in [6.07, 6.45) is 1.70. The van der Waals surface area contributed by atoms with Crippen LogP contribution in [0, 0.1) is 6.92 Å². The first-order chi connectivity index (χ1) is 9.89. The normalized spacial score (nSPS) is 11.6. The maximum Gasteiger partial charge on any atom is 0.242 e. The van der Waals surface area contributed by atoms with Crippen molar-refractivity contribution in [2.75, 3.05) is 19.4 Å². The number of aryl methyl sites for hydroxylation is 1. The van der Waals surface area contributed by atoms with Crippen molar-refractivity contribution < 1.29 is 8.42 Å². The minimum Gasteiger partial charge on any atom is -0.379 e. The van der Waals surface area contributed by atoms with Gasteiger partial charge in [-0.15, -0.1) is 0 Å². The Bertz CT molecular complexity index is 729. The second-order valence-electron chi connectivity index (χ2n) is 4.76. The summed E-state index contributed by atoms with van der Waals surface area (Å²) in [4.78, 5) is 8.59. The Kier molecular flexibility index (Phi) is 4.54. The van der Waals surface area contributed by atoms with Crippen molar-refractivity contribution >= 4 is 15.7 Å². The van der Waals surface area contributed by atoms with E-state index in [1.54, 1.807) is 24.4 Å². The van der Waals surface area contributed by atoms with Crippen LogP contribution < -0.4 is 5.32 Å². The molecule has 0 saturated heterocycles. The van der Waals surface area contributed by atoms with E-state index < -0.39 is 10.0 Å². The Morgan fingerprint density at radius 2 is 2.00 bits per heavy atom. The molecule has 2 aromatic rings. The van der Waals surface area contributed by atoms with E-state index >= 15 is 0 Å². The van der Waals surface area contributed by atoms with E-state index in [9.17, 15) is 8.42 Å². The number of benzene rings is 1. The topological polar surface area (TPSA) is 75.2 Å². The maximum atomic E-state index is 12.1. The number of sulfonamides is 1. The van der Waals surface area contributed by atoms with E-state index in [1.165, 1.54) is 18.4 Å². The largest absolute Gasteiger partial charge is 0.379 e. The van der Waals surface area contributed by atoms with Gasteiger partial charge >= 0.3 is 0 Å². The fourth-order valence-corrected chi connectivity index (χ4v) is 2.72. The van der Waals surface area contributed by atoms with Gasteiger partial charge in [0.15, 0.2) is 0 Å². The van der Waals surface area contributed by atoms with Crippen molar-refractivity contribution in [2.45, 2.75) is 18.4 Å². The molecule has 1 heterocycles. The Labute approximate surface area is 124 Å². The maximum absolute atomic E-state index is 12.1. The Hall–Kier alpha value is -1.99. The van der Waals surface area contributed by atoms with E-state index in [2.05, 4.69) is 15.3 Å². The van der Waals surface area contributed by atoms with Gasteiger partial charge in [-0.1, -0.05) is 6.07 Å². The van der Waals surface area contributed by atoms with Crippen LogP contribution in [0.5, 0.6) is 0 Å². The predicted molar refractivity (Wildman–Crippen MR) is 81.4 cm³/mol. The van der Waals surface area contributed by atoms with Crippen LogP contribution in [0.15, 0.2) is 41.4 Å². The van der Waals surface area contributed by atoms with Crippen LogP contribution in [0.4, 0.5) is 5.69 Å². The molecule has 1 N–H and O–H groups in total. The molecule has 0 fully saturated rings. The highest BCUT2D eigenvalue weighted by Gasteiger charge is 2.17. The number of nitrogens with zero attached hydrogens (tertiary/aromatic N) is 3. The van der Waals surface area contributed by atoms with Gasteiger partial charge in [-0.2, -0.15) is 0 Å². The molecule has 0 aliphatic heterocycles. The average molecular weight is 306 g/mol. The van der Waals surface area contributed by atoms with Gasteiger partial charge in [-0.3, -0.25) is 0 Å². The fraction of sp³-hybridized carbons (Fsp3) is 0.286. The molecule has 7 heteroatoms. The smallest absolute Gasteiger partial charge is 0.242 e. The first-order valence-electron chi connectivity index (χ1n) is 6.44. The lowest BCUT2D eigenvalue weighted by Crippen LogP contribution is -2.22. The molecule has 1 aromatic heterocycles. The van der Waals surface area contributed by atoms with Crippen molar-refractivity contribution in [1.29, 1.82) is 0 Å². The van der Waals surface area contributed by atoms with Crippen LogP contribution in [0.1, 0.15) is 11.5 Å². The summed E-state index contributed by atoms with van der Waals surface area (Å²) >= 11 is 0. The van der Waals surface area contributed by atoms with E-state index in [1.807, 2.05) is 19.1 Å². The van der Waals surface area contributed by atoms with Gasteiger partial charge in [0.25, 0.3) is 0 Å². The molecule has 0 atom stereocenters. The Balaban J connectivity index is 2.15. The molecular formula is C14H18N4O2S.